The molecule has 0 aromatic carbocycles. The van der Waals surface area contributed by atoms with Crippen LogP contribution in [0.2, 0.25) is 0 Å². The summed E-state index contributed by atoms with van der Waals surface area (Å²) in [5, 5.41) is 0. The van der Waals surface area contributed by atoms with Gasteiger partial charge in [0.15, 0.2) is 0 Å². The third-order valence-electron chi connectivity index (χ3n) is 3.99. The molecule has 1 fully saturated rings. The third kappa shape index (κ3) is 2.84. The summed E-state index contributed by atoms with van der Waals surface area (Å²) in [5.74, 6) is 4.00. The molecule has 13 heavy (non-hydrogen) atoms. The Morgan fingerprint density at radius 2 is 2.00 bits per heavy atom. The lowest BCUT2D eigenvalue weighted by Crippen LogP contribution is -2.20. The van der Waals surface area contributed by atoms with Gasteiger partial charge in [0.05, 0.1) is 0 Å². The summed E-state index contributed by atoms with van der Waals surface area (Å²) < 4.78 is 1.37. The number of hydrogen-bond donors (Lipinski definition) is 0. The van der Waals surface area contributed by atoms with Gasteiger partial charge >= 0.3 is 0 Å². The first-order valence-electron chi connectivity index (χ1n) is 5.76. The SMILES string of the molecule is CCCC(CI)C1CCC(C)C1C. The van der Waals surface area contributed by atoms with Gasteiger partial charge in [0.1, 0.15) is 0 Å². The van der Waals surface area contributed by atoms with E-state index in [1.165, 1.54) is 30.1 Å². The van der Waals surface area contributed by atoms with Gasteiger partial charge in [-0.25, -0.2) is 0 Å². The molecule has 0 bridgehead atoms. The molecule has 78 valence electrons. The van der Waals surface area contributed by atoms with Crippen molar-refractivity contribution in [3.05, 3.63) is 0 Å². The van der Waals surface area contributed by atoms with E-state index in [1.807, 2.05) is 0 Å². The minimum Gasteiger partial charge on any atom is -0.0861 e. The molecule has 0 nitrogen and oxygen atoms in total. The van der Waals surface area contributed by atoms with Crippen molar-refractivity contribution in [3.8, 4) is 0 Å². The average Bonchev–Trinajstić information content (AvgIpc) is 2.45. The van der Waals surface area contributed by atoms with Gasteiger partial charge in [-0.2, -0.15) is 0 Å². The fraction of sp³-hybridized carbons (Fsp3) is 1.00. The first-order valence-corrected chi connectivity index (χ1v) is 7.29. The fourth-order valence-corrected chi connectivity index (χ4v) is 3.94. The molecule has 0 heterocycles. The highest BCUT2D eigenvalue weighted by molar-refractivity contribution is 14.1. The van der Waals surface area contributed by atoms with E-state index in [4.69, 9.17) is 0 Å². The largest absolute Gasteiger partial charge is 0.0861 e. The van der Waals surface area contributed by atoms with Crippen LogP contribution in [0.5, 0.6) is 0 Å². The van der Waals surface area contributed by atoms with E-state index in [2.05, 4.69) is 43.4 Å². The molecule has 4 atom stereocenters. The van der Waals surface area contributed by atoms with Crippen LogP contribution in [0.25, 0.3) is 0 Å². The van der Waals surface area contributed by atoms with Crippen LogP contribution >= 0.6 is 22.6 Å². The van der Waals surface area contributed by atoms with Gasteiger partial charge in [-0.1, -0.05) is 56.2 Å². The monoisotopic (exact) mass is 294 g/mol. The molecule has 0 aliphatic heterocycles. The van der Waals surface area contributed by atoms with Crippen LogP contribution in [0.1, 0.15) is 46.5 Å². The topological polar surface area (TPSA) is 0 Å². The number of rotatable bonds is 4. The minimum absolute atomic E-state index is 0.978. The lowest BCUT2D eigenvalue weighted by molar-refractivity contribution is 0.260. The van der Waals surface area contributed by atoms with Crippen LogP contribution in [-0.2, 0) is 0 Å². The molecule has 1 saturated carbocycles. The van der Waals surface area contributed by atoms with E-state index in [0.29, 0.717) is 0 Å². The van der Waals surface area contributed by atoms with E-state index in [1.54, 1.807) is 0 Å². The van der Waals surface area contributed by atoms with Gasteiger partial charge in [-0.3, -0.25) is 0 Å². The molecular formula is C12H23I. The molecule has 0 saturated heterocycles. The molecule has 0 radical (unpaired) electrons. The molecular weight excluding hydrogens is 271 g/mol. The molecule has 0 aromatic rings. The Morgan fingerprint density at radius 3 is 2.38 bits per heavy atom. The fourth-order valence-electron chi connectivity index (χ4n) is 2.84. The van der Waals surface area contributed by atoms with Crippen LogP contribution < -0.4 is 0 Å². The third-order valence-corrected chi connectivity index (χ3v) is 5.12. The maximum absolute atomic E-state index is 2.58. The van der Waals surface area contributed by atoms with Crippen LogP contribution in [0.15, 0.2) is 0 Å². The Labute approximate surface area is 97.0 Å². The number of halogens is 1. The van der Waals surface area contributed by atoms with E-state index < -0.39 is 0 Å². The van der Waals surface area contributed by atoms with Crippen molar-refractivity contribution in [2.75, 3.05) is 4.43 Å². The van der Waals surface area contributed by atoms with Gasteiger partial charge in [0, 0.05) is 4.43 Å². The van der Waals surface area contributed by atoms with E-state index >= 15 is 0 Å². The zero-order valence-corrected chi connectivity index (χ0v) is 11.4. The second-order valence-corrected chi connectivity index (χ2v) is 5.66. The normalized spacial score (nSPS) is 36.5. The first kappa shape index (κ1) is 11.8. The van der Waals surface area contributed by atoms with Crippen molar-refractivity contribution in [1.29, 1.82) is 0 Å². The molecule has 0 aromatic heterocycles. The summed E-state index contributed by atoms with van der Waals surface area (Å²) in [6.45, 7) is 7.22. The van der Waals surface area contributed by atoms with Crippen molar-refractivity contribution in [3.63, 3.8) is 0 Å². The summed E-state index contributed by atoms with van der Waals surface area (Å²) in [7, 11) is 0. The molecule has 1 heteroatoms. The molecule has 1 rings (SSSR count). The first-order chi connectivity index (χ1) is 6.20. The Hall–Kier alpha value is 0.730. The smallest absolute Gasteiger partial charge is 0.00264 e. The molecule has 1 aliphatic carbocycles. The summed E-state index contributed by atoms with van der Waals surface area (Å²) in [6.07, 6.45) is 5.79. The van der Waals surface area contributed by atoms with Gasteiger partial charge in [-0.15, -0.1) is 0 Å². The van der Waals surface area contributed by atoms with Gasteiger partial charge < -0.3 is 0 Å². The average molecular weight is 294 g/mol. The van der Waals surface area contributed by atoms with E-state index in [9.17, 15) is 0 Å². The summed E-state index contributed by atoms with van der Waals surface area (Å²) in [4.78, 5) is 0. The molecule has 4 unspecified atom stereocenters. The summed E-state index contributed by atoms with van der Waals surface area (Å²) >= 11 is 2.58. The van der Waals surface area contributed by atoms with Gasteiger partial charge in [-0.05, 0) is 36.5 Å². The Kier molecular flexibility index (Phi) is 5.06. The van der Waals surface area contributed by atoms with Crippen molar-refractivity contribution in [2.45, 2.75) is 46.5 Å². The van der Waals surface area contributed by atoms with Crippen LogP contribution in [0.4, 0.5) is 0 Å². The molecule has 0 spiro atoms. The van der Waals surface area contributed by atoms with Crippen molar-refractivity contribution < 1.29 is 0 Å². The van der Waals surface area contributed by atoms with E-state index in [-0.39, 0.29) is 0 Å². The minimum atomic E-state index is 0.978. The lowest BCUT2D eigenvalue weighted by Gasteiger charge is -2.26. The second-order valence-electron chi connectivity index (χ2n) is 4.78. The Morgan fingerprint density at radius 1 is 1.31 bits per heavy atom. The maximum atomic E-state index is 2.58. The van der Waals surface area contributed by atoms with Gasteiger partial charge in [0.2, 0.25) is 0 Å². The van der Waals surface area contributed by atoms with Gasteiger partial charge in [0.25, 0.3) is 0 Å². The highest BCUT2D eigenvalue weighted by Gasteiger charge is 2.34. The maximum Gasteiger partial charge on any atom is 0.00264 e. The zero-order valence-electron chi connectivity index (χ0n) is 9.22. The Balaban J connectivity index is 2.49. The quantitative estimate of drug-likeness (QED) is 0.528. The lowest BCUT2D eigenvalue weighted by atomic mass is 9.81. The van der Waals surface area contributed by atoms with E-state index in [0.717, 1.165) is 23.7 Å². The summed E-state index contributed by atoms with van der Waals surface area (Å²) in [6, 6.07) is 0. The highest BCUT2D eigenvalue weighted by Crippen LogP contribution is 2.42. The number of hydrogen-bond acceptors (Lipinski definition) is 0. The second kappa shape index (κ2) is 5.57. The van der Waals surface area contributed by atoms with Crippen molar-refractivity contribution >= 4 is 22.6 Å². The summed E-state index contributed by atoms with van der Waals surface area (Å²) in [5.41, 5.74) is 0. The Bertz CT molecular complexity index is 144. The highest BCUT2D eigenvalue weighted by atomic mass is 127. The van der Waals surface area contributed by atoms with Crippen LogP contribution in [-0.4, -0.2) is 4.43 Å². The van der Waals surface area contributed by atoms with Crippen LogP contribution in [0.3, 0.4) is 0 Å². The molecule has 0 N–H and O–H groups in total. The van der Waals surface area contributed by atoms with Crippen molar-refractivity contribution in [2.24, 2.45) is 23.7 Å². The standard InChI is InChI=1S/C12H23I/c1-4-5-11(8-13)12-7-6-9(2)10(12)3/h9-12H,4-8H2,1-3H3. The predicted molar refractivity (Wildman–Crippen MR) is 68.3 cm³/mol. The van der Waals surface area contributed by atoms with Crippen LogP contribution in [0, 0.1) is 23.7 Å². The zero-order chi connectivity index (χ0) is 9.84. The predicted octanol–water partition coefficient (Wildman–Crippen LogP) is 4.52. The number of alkyl halides is 1. The van der Waals surface area contributed by atoms with Crippen molar-refractivity contribution in [1.82, 2.24) is 0 Å². The molecule has 1 aliphatic rings. The molecule has 0 amide bonds.